The van der Waals surface area contributed by atoms with Crippen molar-refractivity contribution in [1.82, 2.24) is 15.1 Å². The fourth-order valence-corrected chi connectivity index (χ4v) is 3.71. The van der Waals surface area contributed by atoms with Crippen LogP contribution in [0.25, 0.3) is 0 Å². The number of aromatic nitrogens is 2. The van der Waals surface area contributed by atoms with E-state index in [2.05, 4.69) is 16.8 Å². The second-order valence-corrected chi connectivity index (χ2v) is 8.19. The van der Waals surface area contributed by atoms with Crippen molar-refractivity contribution < 1.29 is 31.7 Å². The number of hydrogen-bond acceptors (Lipinski definition) is 8. The molecule has 1 fully saturated rings. The zero-order valence-corrected chi connectivity index (χ0v) is 17.0. The number of aryl methyl sites for hydroxylation is 1. The quantitative estimate of drug-likeness (QED) is 0.379. The van der Waals surface area contributed by atoms with Crippen molar-refractivity contribution in [3.63, 3.8) is 0 Å². The van der Waals surface area contributed by atoms with Gasteiger partial charge in [0, 0.05) is 30.6 Å². The van der Waals surface area contributed by atoms with E-state index in [0.717, 1.165) is 17.5 Å². The van der Waals surface area contributed by atoms with Crippen LogP contribution in [-0.4, -0.2) is 67.1 Å². The van der Waals surface area contributed by atoms with E-state index in [1.807, 2.05) is 0 Å². The number of nitrogens with one attached hydrogen (secondary N) is 1. The van der Waals surface area contributed by atoms with Gasteiger partial charge in [0.15, 0.2) is 0 Å². The summed E-state index contributed by atoms with van der Waals surface area (Å²) < 4.78 is 38.2. The lowest BCUT2D eigenvalue weighted by Crippen LogP contribution is -2.38. The van der Waals surface area contributed by atoms with Crippen molar-refractivity contribution in [2.75, 3.05) is 19.4 Å². The Morgan fingerprint density at radius 3 is 2.71 bits per heavy atom. The zero-order valence-electron chi connectivity index (χ0n) is 16.1. The molecule has 1 aromatic heterocycles. The van der Waals surface area contributed by atoms with Crippen molar-refractivity contribution in [3.8, 4) is 0 Å². The lowest BCUT2D eigenvalue weighted by Gasteiger charge is -2.23. The monoisotopic (exact) mass is 415 g/mol. The zero-order chi connectivity index (χ0) is 20.9. The molecule has 1 aromatic rings. The van der Waals surface area contributed by atoms with Crippen molar-refractivity contribution in [2.24, 2.45) is 0 Å². The highest BCUT2D eigenvalue weighted by Crippen LogP contribution is 2.27. The fourth-order valence-electron chi connectivity index (χ4n) is 3.08. The second kappa shape index (κ2) is 9.20. The van der Waals surface area contributed by atoms with Gasteiger partial charge in [-0.15, -0.1) is 0 Å². The van der Waals surface area contributed by atoms with Crippen LogP contribution in [0, 0.1) is 6.92 Å². The summed E-state index contributed by atoms with van der Waals surface area (Å²) in [4.78, 5) is 24.9. The standard InChI is InChI=1S/C17H25N3O7S/c1-5-6-25-17(22)20-9-14(27-28(4,23)24)7-13(20)8-16-15(10-26-12(3)21)11(2)18-19-16/h5,13-14H,1,6-10H2,2-4H3,(H,18,19)/t13-,14+/m0/s1. The molecule has 0 aliphatic carbocycles. The Bertz CT molecular complexity index is 834. The van der Waals surface area contributed by atoms with E-state index in [-0.39, 0.29) is 25.8 Å². The van der Waals surface area contributed by atoms with Crippen molar-refractivity contribution in [2.45, 2.75) is 45.4 Å². The number of ether oxygens (including phenoxy) is 2. The minimum Gasteiger partial charge on any atom is -0.461 e. The minimum absolute atomic E-state index is 0.0405. The Morgan fingerprint density at radius 1 is 1.39 bits per heavy atom. The van der Waals surface area contributed by atoms with Crippen LogP contribution in [0.4, 0.5) is 4.79 Å². The average Bonchev–Trinajstić information content (AvgIpc) is 3.13. The van der Waals surface area contributed by atoms with Gasteiger partial charge in [0.2, 0.25) is 0 Å². The van der Waals surface area contributed by atoms with Gasteiger partial charge in [-0.25, -0.2) is 4.79 Å². The SMILES string of the molecule is C=CCOC(=O)N1C[C@H](OS(C)(=O)=O)C[C@H]1Cc1n[nH]c(C)c1COC(C)=O. The van der Waals surface area contributed by atoms with Crippen LogP contribution in [0.2, 0.25) is 0 Å². The molecule has 0 spiro atoms. The first-order chi connectivity index (χ1) is 13.1. The number of carbonyl (C=O) groups excluding carboxylic acids is 2. The van der Waals surface area contributed by atoms with E-state index in [4.69, 9.17) is 13.7 Å². The van der Waals surface area contributed by atoms with E-state index >= 15 is 0 Å². The maximum Gasteiger partial charge on any atom is 0.410 e. The summed E-state index contributed by atoms with van der Waals surface area (Å²) in [5, 5.41) is 7.09. The van der Waals surface area contributed by atoms with Gasteiger partial charge in [0.1, 0.15) is 13.2 Å². The van der Waals surface area contributed by atoms with Crippen molar-refractivity contribution in [1.29, 1.82) is 0 Å². The molecule has 0 aromatic carbocycles. The summed E-state index contributed by atoms with van der Waals surface area (Å²) >= 11 is 0. The normalized spacial score (nSPS) is 19.5. The molecule has 156 valence electrons. The molecular formula is C17H25N3O7S. The maximum absolute atomic E-state index is 12.4. The van der Waals surface area contributed by atoms with E-state index < -0.39 is 28.3 Å². The number of carbonyl (C=O) groups is 2. The number of amides is 1. The molecule has 1 amide bonds. The second-order valence-electron chi connectivity index (χ2n) is 6.59. The van der Waals surface area contributed by atoms with Gasteiger partial charge in [0.05, 0.1) is 24.6 Å². The lowest BCUT2D eigenvalue weighted by atomic mass is 10.0. The molecular weight excluding hydrogens is 390 g/mol. The van der Waals surface area contributed by atoms with Crippen LogP contribution in [-0.2, 0) is 41.6 Å². The van der Waals surface area contributed by atoms with Crippen LogP contribution in [0.5, 0.6) is 0 Å². The predicted octanol–water partition coefficient (Wildman–Crippen LogP) is 1.07. The Kier molecular flexibility index (Phi) is 7.19. The summed E-state index contributed by atoms with van der Waals surface area (Å²) in [6.07, 6.45) is 1.78. The van der Waals surface area contributed by atoms with Gasteiger partial charge >= 0.3 is 12.1 Å². The van der Waals surface area contributed by atoms with Gasteiger partial charge < -0.3 is 14.4 Å². The molecule has 28 heavy (non-hydrogen) atoms. The Hall–Kier alpha value is -2.40. The molecule has 0 bridgehead atoms. The molecule has 2 heterocycles. The maximum atomic E-state index is 12.4. The molecule has 0 radical (unpaired) electrons. The largest absolute Gasteiger partial charge is 0.461 e. The highest BCUT2D eigenvalue weighted by Gasteiger charge is 2.39. The van der Waals surface area contributed by atoms with Gasteiger partial charge in [0.25, 0.3) is 10.1 Å². The molecule has 1 N–H and O–H groups in total. The molecule has 2 rings (SSSR count). The summed E-state index contributed by atoms with van der Waals surface area (Å²) in [6.45, 7) is 6.80. The van der Waals surface area contributed by atoms with Crippen LogP contribution in [0.15, 0.2) is 12.7 Å². The smallest absolute Gasteiger partial charge is 0.410 e. The van der Waals surface area contributed by atoms with Crippen molar-refractivity contribution in [3.05, 3.63) is 29.6 Å². The highest BCUT2D eigenvalue weighted by molar-refractivity contribution is 7.86. The molecule has 1 aliphatic rings. The average molecular weight is 415 g/mol. The summed E-state index contributed by atoms with van der Waals surface area (Å²) in [5.74, 6) is -0.413. The van der Waals surface area contributed by atoms with E-state index in [0.29, 0.717) is 18.5 Å². The molecule has 1 aliphatic heterocycles. The van der Waals surface area contributed by atoms with Crippen LogP contribution < -0.4 is 0 Å². The van der Waals surface area contributed by atoms with Crippen LogP contribution in [0.1, 0.15) is 30.3 Å². The number of hydrogen-bond donors (Lipinski definition) is 1. The predicted molar refractivity (Wildman–Crippen MR) is 98.9 cm³/mol. The third-order valence-electron chi connectivity index (χ3n) is 4.25. The summed E-state index contributed by atoms with van der Waals surface area (Å²) in [5.41, 5.74) is 2.10. The van der Waals surface area contributed by atoms with E-state index in [1.165, 1.54) is 17.9 Å². The minimum atomic E-state index is -3.67. The van der Waals surface area contributed by atoms with Crippen LogP contribution >= 0.6 is 0 Å². The number of nitrogens with zero attached hydrogens (tertiary/aromatic N) is 2. The molecule has 2 atom stereocenters. The molecule has 11 heteroatoms. The first-order valence-electron chi connectivity index (χ1n) is 8.69. The first-order valence-corrected chi connectivity index (χ1v) is 10.5. The lowest BCUT2D eigenvalue weighted by molar-refractivity contribution is -0.142. The third kappa shape index (κ3) is 6.06. The molecule has 1 saturated heterocycles. The number of rotatable bonds is 8. The van der Waals surface area contributed by atoms with Gasteiger partial charge in [-0.2, -0.15) is 13.5 Å². The summed E-state index contributed by atoms with van der Waals surface area (Å²) in [6, 6.07) is -0.386. The van der Waals surface area contributed by atoms with Gasteiger partial charge in [-0.3, -0.25) is 14.1 Å². The third-order valence-corrected chi connectivity index (χ3v) is 4.88. The molecule has 10 nitrogen and oxygen atoms in total. The molecule has 0 saturated carbocycles. The molecule has 0 unspecified atom stereocenters. The summed E-state index contributed by atoms with van der Waals surface area (Å²) in [7, 11) is -3.67. The Morgan fingerprint density at radius 2 is 2.11 bits per heavy atom. The Labute approximate surface area is 164 Å². The Balaban J connectivity index is 2.18. The van der Waals surface area contributed by atoms with Gasteiger partial charge in [-0.1, -0.05) is 12.7 Å². The topological polar surface area (TPSA) is 128 Å². The number of H-pyrrole nitrogens is 1. The van der Waals surface area contributed by atoms with Gasteiger partial charge in [-0.05, 0) is 13.3 Å². The number of likely N-dealkylation sites (tertiary alicyclic amines) is 1. The van der Waals surface area contributed by atoms with E-state index in [9.17, 15) is 18.0 Å². The fraction of sp³-hybridized carbons (Fsp3) is 0.588. The number of esters is 1. The van der Waals surface area contributed by atoms with Crippen LogP contribution in [0.3, 0.4) is 0 Å². The van der Waals surface area contributed by atoms with Crippen molar-refractivity contribution >= 4 is 22.2 Å². The first kappa shape index (κ1) is 21.9. The van der Waals surface area contributed by atoms with E-state index in [1.54, 1.807) is 6.92 Å². The highest BCUT2D eigenvalue weighted by atomic mass is 32.2. The number of aromatic amines is 1.